The molecule has 1 fully saturated rings. The molecule has 1 aliphatic rings. The number of halogens is 2. The van der Waals surface area contributed by atoms with Crippen LogP contribution < -0.4 is 5.32 Å². The van der Waals surface area contributed by atoms with Crippen LogP contribution in [0.5, 0.6) is 0 Å². The molecule has 0 aromatic heterocycles. The zero-order valence-corrected chi connectivity index (χ0v) is 12.7. The van der Waals surface area contributed by atoms with Crippen molar-refractivity contribution in [1.29, 1.82) is 0 Å². The maximum absolute atomic E-state index is 13.8. The molecule has 0 radical (unpaired) electrons. The third-order valence-corrected chi connectivity index (χ3v) is 4.60. The Bertz CT molecular complexity index is 469. The van der Waals surface area contributed by atoms with E-state index in [1.54, 1.807) is 12.1 Å². The second-order valence-corrected chi connectivity index (χ2v) is 6.17. The molecular formula is C15H19BrFNO. The molecule has 4 heteroatoms. The SMILES string of the molecule is CCC1(C(=O)Cc2ccc(Br)cc2F)CCCNC1. The molecule has 1 heterocycles. The summed E-state index contributed by atoms with van der Waals surface area (Å²) in [6.07, 6.45) is 2.93. The van der Waals surface area contributed by atoms with Gasteiger partial charge in [-0.05, 0) is 43.5 Å². The number of benzene rings is 1. The van der Waals surface area contributed by atoms with Gasteiger partial charge in [-0.15, -0.1) is 0 Å². The Morgan fingerprint density at radius 1 is 1.53 bits per heavy atom. The summed E-state index contributed by atoms with van der Waals surface area (Å²) in [5.41, 5.74) is 0.184. The molecule has 0 bridgehead atoms. The van der Waals surface area contributed by atoms with E-state index in [2.05, 4.69) is 21.2 Å². The van der Waals surface area contributed by atoms with E-state index in [-0.39, 0.29) is 23.4 Å². The largest absolute Gasteiger partial charge is 0.316 e. The average Bonchev–Trinajstić information content (AvgIpc) is 2.42. The van der Waals surface area contributed by atoms with Crippen LogP contribution in [0.2, 0.25) is 0 Å². The minimum absolute atomic E-state index is 0.156. The lowest BCUT2D eigenvalue weighted by Crippen LogP contribution is -2.45. The summed E-state index contributed by atoms with van der Waals surface area (Å²) in [5, 5.41) is 3.29. The predicted octanol–water partition coefficient (Wildman–Crippen LogP) is 3.48. The molecule has 2 nitrogen and oxygen atoms in total. The topological polar surface area (TPSA) is 29.1 Å². The molecular weight excluding hydrogens is 309 g/mol. The van der Waals surface area contributed by atoms with Gasteiger partial charge >= 0.3 is 0 Å². The number of rotatable bonds is 4. The van der Waals surface area contributed by atoms with Gasteiger partial charge < -0.3 is 5.32 Å². The number of carbonyl (C=O) groups is 1. The Morgan fingerprint density at radius 2 is 2.32 bits per heavy atom. The number of carbonyl (C=O) groups excluding carboxylic acids is 1. The number of nitrogens with one attached hydrogen (secondary N) is 1. The van der Waals surface area contributed by atoms with E-state index in [1.165, 1.54) is 6.07 Å². The van der Waals surface area contributed by atoms with Crippen molar-refractivity contribution in [3.8, 4) is 0 Å². The van der Waals surface area contributed by atoms with Gasteiger partial charge in [0, 0.05) is 22.9 Å². The molecule has 0 amide bonds. The van der Waals surface area contributed by atoms with Crippen LogP contribution >= 0.6 is 15.9 Å². The molecule has 2 rings (SSSR count). The fourth-order valence-electron chi connectivity index (χ4n) is 2.73. The van der Waals surface area contributed by atoms with Gasteiger partial charge in [-0.1, -0.05) is 28.9 Å². The van der Waals surface area contributed by atoms with Gasteiger partial charge in [0.2, 0.25) is 0 Å². The summed E-state index contributed by atoms with van der Waals surface area (Å²) in [6.45, 7) is 3.74. The first-order chi connectivity index (χ1) is 9.07. The molecule has 1 unspecified atom stereocenters. The van der Waals surface area contributed by atoms with Crippen LogP contribution in [-0.2, 0) is 11.2 Å². The third kappa shape index (κ3) is 3.23. The Hall–Kier alpha value is -0.740. The average molecular weight is 328 g/mol. The second kappa shape index (κ2) is 6.14. The summed E-state index contributed by atoms with van der Waals surface area (Å²) in [4.78, 5) is 12.5. The van der Waals surface area contributed by atoms with Crippen LogP contribution in [0.3, 0.4) is 0 Å². The number of hydrogen-bond donors (Lipinski definition) is 1. The molecule has 19 heavy (non-hydrogen) atoms. The van der Waals surface area contributed by atoms with Crippen molar-refractivity contribution in [1.82, 2.24) is 5.32 Å². The Balaban J connectivity index is 2.15. The Morgan fingerprint density at radius 3 is 2.89 bits per heavy atom. The molecule has 1 N–H and O–H groups in total. The van der Waals surface area contributed by atoms with Gasteiger partial charge in [0.05, 0.1) is 0 Å². The first-order valence-corrected chi connectivity index (χ1v) is 7.55. The van der Waals surface area contributed by atoms with Crippen molar-refractivity contribution in [3.05, 3.63) is 34.1 Å². The standard InChI is InChI=1S/C15H19BrFNO/c1-2-15(6-3-7-18-10-15)14(19)8-11-4-5-12(16)9-13(11)17/h4-5,9,18H,2-3,6-8,10H2,1H3. The second-order valence-electron chi connectivity index (χ2n) is 5.25. The van der Waals surface area contributed by atoms with Gasteiger partial charge in [-0.25, -0.2) is 4.39 Å². The molecule has 0 saturated carbocycles. The zero-order chi connectivity index (χ0) is 13.9. The molecule has 0 aliphatic carbocycles. The van der Waals surface area contributed by atoms with Crippen LogP contribution in [-0.4, -0.2) is 18.9 Å². The van der Waals surface area contributed by atoms with Crippen LogP contribution in [0.25, 0.3) is 0 Å². The van der Waals surface area contributed by atoms with Crippen molar-refractivity contribution in [2.75, 3.05) is 13.1 Å². The molecule has 0 spiro atoms. The highest BCUT2D eigenvalue weighted by Gasteiger charge is 2.37. The smallest absolute Gasteiger partial charge is 0.144 e. The lowest BCUT2D eigenvalue weighted by atomic mass is 9.73. The zero-order valence-electron chi connectivity index (χ0n) is 11.1. The molecule has 1 aliphatic heterocycles. The van der Waals surface area contributed by atoms with Crippen LogP contribution in [0.4, 0.5) is 4.39 Å². The summed E-state index contributed by atoms with van der Waals surface area (Å²) >= 11 is 3.23. The first kappa shape index (κ1) is 14.7. The predicted molar refractivity (Wildman–Crippen MR) is 77.6 cm³/mol. The Kier molecular flexibility index (Phi) is 4.74. The van der Waals surface area contributed by atoms with E-state index in [0.717, 1.165) is 32.4 Å². The first-order valence-electron chi connectivity index (χ1n) is 6.75. The van der Waals surface area contributed by atoms with Gasteiger partial charge in [-0.2, -0.15) is 0 Å². The fraction of sp³-hybridized carbons (Fsp3) is 0.533. The lowest BCUT2D eigenvalue weighted by Gasteiger charge is -2.35. The molecule has 1 saturated heterocycles. The highest BCUT2D eigenvalue weighted by Crippen LogP contribution is 2.32. The van der Waals surface area contributed by atoms with E-state index >= 15 is 0 Å². The normalized spacial score (nSPS) is 23.3. The minimum Gasteiger partial charge on any atom is -0.316 e. The van der Waals surface area contributed by atoms with E-state index in [9.17, 15) is 9.18 Å². The summed E-state index contributed by atoms with van der Waals surface area (Å²) < 4.78 is 14.5. The highest BCUT2D eigenvalue weighted by atomic mass is 79.9. The van der Waals surface area contributed by atoms with Crippen molar-refractivity contribution < 1.29 is 9.18 Å². The van der Waals surface area contributed by atoms with Crippen LogP contribution in [0.1, 0.15) is 31.7 Å². The maximum atomic E-state index is 13.8. The molecule has 1 atom stereocenters. The van der Waals surface area contributed by atoms with E-state index in [0.29, 0.717) is 10.0 Å². The van der Waals surface area contributed by atoms with Gasteiger partial charge in [-0.3, -0.25) is 4.79 Å². The highest BCUT2D eigenvalue weighted by molar-refractivity contribution is 9.10. The summed E-state index contributed by atoms with van der Waals surface area (Å²) in [5.74, 6) is -0.152. The molecule has 1 aromatic rings. The summed E-state index contributed by atoms with van der Waals surface area (Å²) in [7, 11) is 0. The maximum Gasteiger partial charge on any atom is 0.144 e. The van der Waals surface area contributed by atoms with Crippen molar-refractivity contribution in [3.63, 3.8) is 0 Å². The lowest BCUT2D eigenvalue weighted by molar-refractivity contribution is -0.129. The summed E-state index contributed by atoms with van der Waals surface area (Å²) in [6, 6.07) is 4.89. The van der Waals surface area contributed by atoms with Gasteiger partial charge in [0.25, 0.3) is 0 Å². The Labute approximate surface area is 121 Å². The van der Waals surface area contributed by atoms with E-state index in [1.807, 2.05) is 6.92 Å². The van der Waals surface area contributed by atoms with Gasteiger partial charge in [0.1, 0.15) is 11.6 Å². The molecule has 1 aromatic carbocycles. The van der Waals surface area contributed by atoms with Gasteiger partial charge in [0.15, 0.2) is 0 Å². The van der Waals surface area contributed by atoms with Crippen molar-refractivity contribution in [2.45, 2.75) is 32.6 Å². The number of piperidine rings is 1. The monoisotopic (exact) mass is 327 g/mol. The third-order valence-electron chi connectivity index (χ3n) is 4.11. The fourth-order valence-corrected chi connectivity index (χ4v) is 3.06. The van der Waals surface area contributed by atoms with E-state index in [4.69, 9.17) is 0 Å². The number of Topliss-reactive ketones (excluding diaryl/α,β-unsaturated/α-hetero) is 1. The number of ketones is 1. The van der Waals surface area contributed by atoms with Crippen molar-refractivity contribution >= 4 is 21.7 Å². The van der Waals surface area contributed by atoms with Crippen LogP contribution in [0, 0.1) is 11.2 Å². The quantitative estimate of drug-likeness (QED) is 0.917. The van der Waals surface area contributed by atoms with Crippen molar-refractivity contribution in [2.24, 2.45) is 5.41 Å². The van der Waals surface area contributed by atoms with E-state index < -0.39 is 0 Å². The molecule has 104 valence electrons. The van der Waals surface area contributed by atoms with Crippen LogP contribution in [0.15, 0.2) is 22.7 Å². The minimum atomic E-state index is -0.308. The number of hydrogen-bond acceptors (Lipinski definition) is 2.